The molecule has 2 unspecified atom stereocenters. The number of ether oxygens (including phenoxy) is 1. The van der Waals surface area contributed by atoms with Crippen molar-refractivity contribution >= 4 is 5.82 Å². The summed E-state index contributed by atoms with van der Waals surface area (Å²) in [6.07, 6.45) is 3.69. The van der Waals surface area contributed by atoms with Gasteiger partial charge in [-0.05, 0) is 63.9 Å². The zero-order valence-electron chi connectivity index (χ0n) is 17.4. The lowest BCUT2D eigenvalue weighted by atomic mass is 9.93. The molecule has 2 fully saturated rings. The van der Waals surface area contributed by atoms with Crippen molar-refractivity contribution in [1.29, 1.82) is 0 Å². The van der Waals surface area contributed by atoms with Crippen LogP contribution in [0.1, 0.15) is 48.5 Å². The van der Waals surface area contributed by atoms with Gasteiger partial charge in [-0.25, -0.2) is 8.78 Å². The highest BCUT2D eigenvalue weighted by atomic mass is 19.1. The van der Waals surface area contributed by atoms with Crippen LogP contribution in [0.5, 0.6) is 5.75 Å². The van der Waals surface area contributed by atoms with Gasteiger partial charge in [-0.1, -0.05) is 0 Å². The van der Waals surface area contributed by atoms with Crippen LogP contribution in [-0.4, -0.2) is 52.6 Å². The number of hydrogen-bond donors (Lipinski definition) is 2. The van der Waals surface area contributed by atoms with Crippen LogP contribution in [0.2, 0.25) is 0 Å². The summed E-state index contributed by atoms with van der Waals surface area (Å²) in [6, 6.07) is 2.89. The molecule has 0 amide bonds. The van der Waals surface area contributed by atoms with E-state index in [9.17, 15) is 13.9 Å². The standard InChI is InChI=1S/C16H16FN3O2.C6H12FN/c1-7-4-10(17)14(11(21)5-7)15-13-9(16(18)20-19-15)6-8-2-3-12(13)22-8;1-8-4-2-3-6(7)5-8/h4-5,8,12,21H,2-3,6H2,1H3,(H2,18,20);6H,2-5H2,1H3/t;6-/m.1/s1. The molecule has 30 heavy (non-hydrogen) atoms. The number of rotatable bonds is 1. The molecular formula is C22H28F2N4O2. The maximum absolute atomic E-state index is 14.4. The first kappa shape index (κ1) is 20.9. The van der Waals surface area contributed by atoms with Gasteiger partial charge in [0, 0.05) is 24.1 Å². The molecule has 0 saturated carbocycles. The van der Waals surface area contributed by atoms with Crippen molar-refractivity contribution in [1.82, 2.24) is 15.1 Å². The molecule has 1 aromatic carbocycles. The van der Waals surface area contributed by atoms with E-state index in [0.29, 0.717) is 30.0 Å². The minimum absolute atomic E-state index is 0.0725. The van der Waals surface area contributed by atoms with E-state index in [1.165, 1.54) is 12.1 Å². The van der Waals surface area contributed by atoms with E-state index in [4.69, 9.17) is 10.5 Å². The van der Waals surface area contributed by atoms with E-state index >= 15 is 0 Å². The summed E-state index contributed by atoms with van der Waals surface area (Å²) < 4.78 is 32.7. The van der Waals surface area contributed by atoms with Crippen LogP contribution in [0.25, 0.3) is 11.3 Å². The fourth-order valence-electron chi connectivity index (χ4n) is 4.60. The monoisotopic (exact) mass is 418 g/mol. The summed E-state index contributed by atoms with van der Waals surface area (Å²) in [5, 5.41) is 18.2. The molecular weight excluding hydrogens is 390 g/mol. The highest BCUT2D eigenvalue weighted by molar-refractivity contribution is 5.73. The Morgan fingerprint density at radius 2 is 2.03 bits per heavy atom. The summed E-state index contributed by atoms with van der Waals surface area (Å²) >= 11 is 0. The number of hydrogen-bond acceptors (Lipinski definition) is 6. The molecule has 3 N–H and O–H groups in total. The Bertz CT molecular complexity index is 909. The minimum Gasteiger partial charge on any atom is -0.507 e. The lowest BCUT2D eigenvalue weighted by molar-refractivity contribution is 0.0325. The van der Waals surface area contributed by atoms with Crippen molar-refractivity contribution in [2.24, 2.45) is 0 Å². The molecule has 3 aliphatic rings. The second kappa shape index (κ2) is 8.43. The van der Waals surface area contributed by atoms with Gasteiger partial charge < -0.3 is 20.5 Å². The Balaban J connectivity index is 0.000000230. The van der Waals surface area contributed by atoms with Crippen molar-refractivity contribution in [3.63, 3.8) is 0 Å². The highest BCUT2D eigenvalue weighted by Crippen LogP contribution is 2.47. The predicted molar refractivity (Wildman–Crippen MR) is 110 cm³/mol. The minimum atomic E-state index is -0.561. The Morgan fingerprint density at radius 1 is 1.23 bits per heavy atom. The molecule has 4 heterocycles. The number of nitrogens with two attached hydrogens (primary N) is 1. The first-order chi connectivity index (χ1) is 14.3. The Kier molecular flexibility index (Phi) is 5.88. The lowest BCUT2D eigenvalue weighted by Gasteiger charge is -2.26. The number of aromatic nitrogens is 2. The van der Waals surface area contributed by atoms with E-state index < -0.39 is 12.0 Å². The average Bonchev–Trinajstić information content (AvgIpc) is 3.04. The Morgan fingerprint density at radius 3 is 2.70 bits per heavy atom. The van der Waals surface area contributed by atoms with Gasteiger partial charge in [0.15, 0.2) is 0 Å². The Labute approximate surface area is 175 Å². The van der Waals surface area contributed by atoms with Gasteiger partial charge in [0.05, 0.1) is 17.8 Å². The average molecular weight is 418 g/mol. The topological polar surface area (TPSA) is 84.5 Å². The number of piperidine rings is 1. The molecule has 8 heteroatoms. The van der Waals surface area contributed by atoms with E-state index in [0.717, 1.165) is 43.4 Å². The number of nitrogen functional groups attached to an aromatic ring is 1. The number of anilines is 1. The predicted octanol–water partition coefficient (Wildman–Crippen LogP) is 3.71. The summed E-state index contributed by atoms with van der Waals surface area (Å²) in [5.74, 6) is -0.288. The number of phenols is 1. The molecule has 6 nitrogen and oxygen atoms in total. The van der Waals surface area contributed by atoms with Crippen molar-refractivity contribution in [3.05, 3.63) is 34.6 Å². The number of alkyl halides is 1. The second-order valence-electron chi connectivity index (χ2n) is 8.50. The third kappa shape index (κ3) is 4.11. The summed E-state index contributed by atoms with van der Waals surface area (Å²) in [5.41, 5.74) is 8.67. The van der Waals surface area contributed by atoms with Gasteiger partial charge in [-0.15, -0.1) is 10.2 Å². The van der Waals surface area contributed by atoms with Gasteiger partial charge in [-0.3, -0.25) is 0 Å². The number of halogens is 2. The molecule has 2 aromatic rings. The van der Waals surface area contributed by atoms with Gasteiger partial charge in [0.1, 0.15) is 29.3 Å². The number of nitrogens with zero attached hydrogens (tertiary/aromatic N) is 3. The fraction of sp³-hybridized carbons (Fsp3) is 0.545. The van der Waals surface area contributed by atoms with Crippen molar-refractivity contribution in [2.75, 3.05) is 25.9 Å². The van der Waals surface area contributed by atoms with E-state index in [2.05, 4.69) is 10.2 Å². The molecule has 2 saturated heterocycles. The van der Waals surface area contributed by atoms with Crippen LogP contribution in [-0.2, 0) is 11.2 Å². The quantitative estimate of drug-likeness (QED) is 0.735. The zero-order valence-corrected chi connectivity index (χ0v) is 17.4. The lowest BCUT2D eigenvalue weighted by Crippen LogP contribution is -2.32. The van der Waals surface area contributed by atoms with Gasteiger partial charge >= 0.3 is 0 Å². The smallest absolute Gasteiger partial charge is 0.149 e. The third-order valence-corrected chi connectivity index (χ3v) is 6.03. The number of benzene rings is 1. The largest absolute Gasteiger partial charge is 0.507 e. The molecule has 3 atom stereocenters. The number of fused-ring (bicyclic) bond motifs is 4. The third-order valence-electron chi connectivity index (χ3n) is 6.03. The Hall–Kier alpha value is -2.32. The number of likely N-dealkylation sites (tertiary alicyclic amines) is 1. The number of aromatic hydroxyl groups is 1. The molecule has 0 radical (unpaired) electrons. The molecule has 5 rings (SSSR count). The van der Waals surface area contributed by atoms with E-state index in [-0.39, 0.29) is 23.5 Å². The normalized spacial score (nSPS) is 25.4. The summed E-state index contributed by atoms with van der Waals surface area (Å²) in [4.78, 5) is 2.04. The van der Waals surface area contributed by atoms with Crippen LogP contribution in [0.3, 0.4) is 0 Å². The van der Waals surface area contributed by atoms with Crippen LogP contribution in [0.4, 0.5) is 14.6 Å². The van der Waals surface area contributed by atoms with Crippen molar-refractivity contribution in [3.8, 4) is 17.0 Å². The first-order valence-electron chi connectivity index (χ1n) is 10.5. The van der Waals surface area contributed by atoms with E-state index in [1.54, 1.807) is 6.92 Å². The maximum Gasteiger partial charge on any atom is 0.149 e. The number of aryl methyl sites for hydroxylation is 1. The van der Waals surface area contributed by atoms with Crippen LogP contribution < -0.4 is 5.73 Å². The molecule has 0 aliphatic carbocycles. The van der Waals surface area contributed by atoms with Gasteiger partial charge in [-0.2, -0.15) is 0 Å². The maximum atomic E-state index is 14.4. The van der Waals surface area contributed by atoms with Crippen molar-refractivity contribution in [2.45, 2.75) is 57.4 Å². The fourth-order valence-corrected chi connectivity index (χ4v) is 4.60. The van der Waals surface area contributed by atoms with Crippen LogP contribution in [0, 0.1) is 12.7 Å². The zero-order chi connectivity index (χ0) is 21.4. The molecule has 1 aromatic heterocycles. The molecule has 2 bridgehead atoms. The number of phenolic OH excluding ortho intramolecular Hbond substituents is 1. The van der Waals surface area contributed by atoms with E-state index in [1.807, 2.05) is 11.9 Å². The highest BCUT2D eigenvalue weighted by Gasteiger charge is 2.38. The van der Waals surface area contributed by atoms with Crippen LogP contribution in [0.15, 0.2) is 12.1 Å². The summed E-state index contributed by atoms with van der Waals surface area (Å²) in [6.45, 7) is 3.43. The first-order valence-corrected chi connectivity index (χ1v) is 10.5. The summed E-state index contributed by atoms with van der Waals surface area (Å²) in [7, 11) is 1.96. The van der Waals surface area contributed by atoms with Crippen LogP contribution >= 0.6 is 0 Å². The molecule has 3 aliphatic heterocycles. The van der Waals surface area contributed by atoms with Crippen molar-refractivity contribution < 1.29 is 18.6 Å². The SMILES string of the molecule is CN1CCC[C@@H](F)C1.Cc1cc(O)c(-c2nnc(N)c3c2C2CCC(C3)O2)c(F)c1. The second-order valence-corrected chi connectivity index (χ2v) is 8.50. The van der Waals surface area contributed by atoms with Gasteiger partial charge in [0.2, 0.25) is 0 Å². The molecule has 162 valence electrons. The van der Waals surface area contributed by atoms with Gasteiger partial charge in [0.25, 0.3) is 0 Å². The molecule has 0 spiro atoms.